The predicted molar refractivity (Wildman–Crippen MR) is 72.8 cm³/mol. The maximum Gasteiger partial charge on any atom is 0.250 e. The molecule has 98 valence electrons. The fourth-order valence-corrected chi connectivity index (χ4v) is 2.62. The van der Waals surface area contributed by atoms with Gasteiger partial charge in [0.15, 0.2) is 0 Å². The quantitative estimate of drug-likeness (QED) is 0.898. The van der Waals surface area contributed by atoms with Gasteiger partial charge in [0, 0.05) is 19.3 Å². The third-order valence-electron chi connectivity index (χ3n) is 3.61. The van der Waals surface area contributed by atoms with E-state index in [1.807, 2.05) is 6.07 Å². The van der Waals surface area contributed by atoms with Gasteiger partial charge in [0.1, 0.15) is 5.82 Å². The number of nitrogens with zero attached hydrogens (tertiary/aromatic N) is 1. The van der Waals surface area contributed by atoms with Crippen LogP contribution in [-0.4, -0.2) is 4.57 Å². The number of aromatic nitrogens is 1. The van der Waals surface area contributed by atoms with Crippen LogP contribution in [0.25, 0.3) is 0 Å². The summed E-state index contributed by atoms with van der Waals surface area (Å²) < 4.78 is 14.7. The van der Waals surface area contributed by atoms with E-state index in [0.29, 0.717) is 0 Å². The van der Waals surface area contributed by atoms with Crippen molar-refractivity contribution >= 4 is 5.69 Å². The van der Waals surface area contributed by atoms with Crippen molar-refractivity contribution in [1.82, 2.24) is 4.57 Å². The molecule has 0 radical (unpaired) electrons. The molecular weight excluding hydrogens is 243 g/mol. The molecule has 3 nitrogen and oxygen atoms in total. The van der Waals surface area contributed by atoms with Gasteiger partial charge in [0.05, 0.1) is 11.7 Å². The van der Waals surface area contributed by atoms with Gasteiger partial charge in [-0.25, -0.2) is 4.39 Å². The Hall–Kier alpha value is -2.10. The van der Waals surface area contributed by atoms with Gasteiger partial charge < -0.3 is 9.88 Å². The van der Waals surface area contributed by atoms with Gasteiger partial charge in [-0.3, -0.25) is 4.79 Å². The summed E-state index contributed by atoms with van der Waals surface area (Å²) in [6.07, 6.45) is 3.61. The Morgan fingerprint density at radius 2 is 2.16 bits per heavy atom. The maximum atomic E-state index is 13.2. The van der Waals surface area contributed by atoms with E-state index in [1.165, 1.54) is 6.07 Å². The summed E-state index contributed by atoms with van der Waals surface area (Å²) in [5, 5.41) is 3.40. The summed E-state index contributed by atoms with van der Waals surface area (Å²) in [6, 6.07) is 8.47. The molecule has 0 spiro atoms. The van der Waals surface area contributed by atoms with E-state index < -0.39 is 0 Å². The summed E-state index contributed by atoms with van der Waals surface area (Å²) in [7, 11) is 1.73. The Bertz CT molecular complexity index is 678. The Morgan fingerprint density at radius 3 is 2.95 bits per heavy atom. The summed E-state index contributed by atoms with van der Waals surface area (Å²) >= 11 is 0. The highest BCUT2D eigenvalue weighted by molar-refractivity contribution is 5.46. The van der Waals surface area contributed by atoms with Crippen molar-refractivity contribution < 1.29 is 4.39 Å². The summed E-state index contributed by atoms with van der Waals surface area (Å²) in [4.78, 5) is 11.3. The van der Waals surface area contributed by atoms with Gasteiger partial charge in [0.25, 0.3) is 0 Å². The van der Waals surface area contributed by atoms with E-state index in [9.17, 15) is 9.18 Å². The van der Waals surface area contributed by atoms with Crippen LogP contribution in [0.5, 0.6) is 0 Å². The van der Waals surface area contributed by atoms with Crippen LogP contribution in [-0.2, 0) is 13.5 Å². The molecule has 1 N–H and O–H groups in total. The molecule has 1 unspecified atom stereocenters. The van der Waals surface area contributed by atoms with Gasteiger partial charge in [-0.15, -0.1) is 0 Å². The van der Waals surface area contributed by atoms with E-state index in [4.69, 9.17) is 0 Å². The minimum Gasteiger partial charge on any atom is -0.377 e. The zero-order chi connectivity index (χ0) is 13.4. The molecule has 2 aromatic rings. The second-order valence-electron chi connectivity index (χ2n) is 4.95. The second-order valence-corrected chi connectivity index (χ2v) is 4.95. The van der Waals surface area contributed by atoms with E-state index in [-0.39, 0.29) is 17.4 Å². The summed E-state index contributed by atoms with van der Waals surface area (Å²) in [5.74, 6) is -0.179. The second kappa shape index (κ2) is 4.53. The molecule has 19 heavy (non-hydrogen) atoms. The first kappa shape index (κ1) is 12.0. The lowest BCUT2D eigenvalue weighted by Gasteiger charge is -2.16. The lowest BCUT2D eigenvalue weighted by Crippen LogP contribution is -2.16. The van der Waals surface area contributed by atoms with Gasteiger partial charge in [-0.05, 0) is 42.2 Å². The number of hydrogen-bond acceptors (Lipinski definition) is 2. The third-order valence-corrected chi connectivity index (χ3v) is 3.61. The highest BCUT2D eigenvalue weighted by atomic mass is 19.1. The number of halogens is 1. The Kier molecular flexibility index (Phi) is 2.85. The molecule has 1 heterocycles. The molecule has 3 rings (SSSR count). The van der Waals surface area contributed by atoms with E-state index in [2.05, 4.69) is 5.32 Å². The van der Waals surface area contributed by atoms with Gasteiger partial charge in [-0.2, -0.15) is 0 Å². The first-order chi connectivity index (χ1) is 9.13. The maximum absolute atomic E-state index is 13.2. The number of aryl methyl sites for hydroxylation is 2. The van der Waals surface area contributed by atoms with Crippen LogP contribution >= 0.6 is 0 Å². The number of fused-ring (bicyclic) bond motifs is 1. The molecule has 0 amide bonds. The van der Waals surface area contributed by atoms with Crippen LogP contribution in [0, 0.1) is 5.82 Å². The Balaban J connectivity index is 1.86. The molecule has 0 saturated carbocycles. The van der Waals surface area contributed by atoms with Crippen LogP contribution in [0.3, 0.4) is 0 Å². The highest BCUT2D eigenvalue weighted by Gasteiger charge is 2.22. The van der Waals surface area contributed by atoms with Crippen molar-refractivity contribution in [2.45, 2.75) is 18.9 Å². The van der Waals surface area contributed by atoms with Crippen molar-refractivity contribution in [2.75, 3.05) is 5.32 Å². The van der Waals surface area contributed by atoms with E-state index in [0.717, 1.165) is 29.7 Å². The zero-order valence-electron chi connectivity index (χ0n) is 10.7. The van der Waals surface area contributed by atoms with Crippen molar-refractivity contribution in [2.24, 2.45) is 7.05 Å². The van der Waals surface area contributed by atoms with Crippen LogP contribution in [0.4, 0.5) is 10.1 Å². The van der Waals surface area contributed by atoms with Crippen LogP contribution in [0.15, 0.2) is 41.3 Å². The first-order valence-corrected chi connectivity index (χ1v) is 6.35. The van der Waals surface area contributed by atoms with Gasteiger partial charge >= 0.3 is 0 Å². The predicted octanol–water partition coefficient (Wildman–Crippen LogP) is 2.62. The molecule has 0 bridgehead atoms. The number of pyridine rings is 1. The van der Waals surface area contributed by atoms with Gasteiger partial charge in [0.2, 0.25) is 5.56 Å². The average Bonchev–Trinajstić information content (AvgIpc) is 2.76. The van der Waals surface area contributed by atoms with Crippen molar-refractivity contribution in [3.05, 3.63) is 63.8 Å². The molecule has 0 saturated heterocycles. The smallest absolute Gasteiger partial charge is 0.250 e. The first-order valence-electron chi connectivity index (χ1n) is 6.35. The number of benzene rings is 1. The third kappa shape index (κ3) is 2.26. The van der Waals surface area contributed by atoms with Crippen LogP contribution < -0.4 is 10.9 Å². The molecule has 1 aromatic carbocycles. The molecular formula is C15H15FN2O. The fourth-order valence-electron chi connectivity index (χ4n) is 2.62. The normalized spacial score (nSPS) is 17.3. The molecule has 1 aliphatic carbocycles. The Labute approximate surface area is 110 Å². The van der Waals surface area contributed by atoms with Crippen LogP contribution in [0.2, 0.25) is 0 Å². The summed E-state index contributed by atoms with van der Waals surface area (Å²) in [6.45, 7) is 0. The molecule has 1 atom stereocenters. The number of rotatable bonds is 2. The molecule has 0 fully saturated rings. The summed E-state index contributed by atoms with van der Waals surface area (Å²) in [5.41, 5.74) is 3.10. The Morgan fingerprint density at radius 1 is 1.32 bits per heavy atom. The topological polar surface area (TPSA) is 34.0 Å². The average molecular weight is 258 g/mol. The van der Waals surface area contributed by atoms with E-state index in [1.54, 1.807) is 36.0 Å². The van der Waals surface area contributed by atoms with E-state index >= 15 is 0 Å². The van der Waals surface area contributed by atoms with Crippen molar-refractivity contribution in [3.8, 4) is 0 Å². The van der Waals surface area contributed by atoms with Gasteiger partial charge in [-0.1, -0.05) is 6.07 Å². The number of hydrogen-bond donors (Lipinski definition) is 1. The van der Waals surface area contributed by atoms with Crippen LogP contribution in [0.1, 0.15) is 23.6 Å². The molecule has 0 aliphatic heterocycles. The molecule has 1 aromatic heterocycles. The minimum atomic E-state index is -0.179. The molecule has 4 heteroatoms. The SMILES string of the molecule is Cn1cc(NC2CCc3cc(F)ccc32)ccc1=O. The molecule has 1 aliphatic rings. The lowest BCUT2D eigenvalue weighted by molar-refractivity contribution is 0.626. The van der Waals surface area contributed by atoms with Crippen molar-refractivity contribution in [1.29, 1.82) is 0 Å². The zero-order valence-corrected chi connectivity index (χ0v) is 10.7. The monoisotopic (exact) mass is 258 g/mol. The number of anilines is 1. The minimum absolute atomic E-state index is 0.0283. The number of nitrogens with one attached hydrogen (secondary N) is 1. The fraction of sp³-hybridized carbons (Fsp3) is 0.267. The standard InChI is InChI=1S/C15H15FN2O/c1-18-9-12(4-7-15(18)19)17-14-6-2-10-8-11(16)3-5-13(10)14/h3-5,7-9,14,17H,2,6H2,1H3. The van der Waals surface area contributed by atoms with Crippen molar-refractivity contribution in [3.63, 3.8) is 0 Å². The largest absolute Gasteiger partial charge is 0.377 e. The lowest BCUT2D eigenvalue weighted by atomic mass is 10.1. The highest BCUT2D eigenvalue weighted by Crippen LogP contribution is 2.33.